The molecule has 0 aliphatic heterocycles. The lowest BCUT2D eigenvalue weighted by Gasteiger charge is -2.03. The molecule has 0 unspecified atom stereocenters. The predicted octanol–water partition coefficient (Wildman–Crippen LogP) is 2.16. The highest BCUT2D eigenvalue weighted by Gasteiger charge is 2.13. The van der Waals surface area contributed by atoms with Crippen molar-refractivity contribution >= 4 is 5.91 Å². The monoisotopic (exact) mass is 232 g/mol. The van der Waals surface area contributed by atoms with Crippen LogP contribution in [0.1, 0.15) is 27.5 Å². The van der Waals surface area contributed by atoms with Gasteiger partial charge in [0, 0.05) is 18.4 Å². The first-order chi connectivity index (χ1) is 8.09. The Kier molecular flexibility index (Phi) is 3.04. The van der Waals surface area contributed by atoms with Gasteiger partial charge in [-0.05, 0) is 32.0 Å². The molecule has 2 aromatic rings. The molecule has 4 heteroatoms. The predicted molar refractivity (Wildman–Crippen MR) is 64.8 cm³/mol. The van der Waals surface area contributed by atoms with Crippen LogP contribution < -0.4 is 5.32 Å². The van der Waals surface area contributed by atoms with Gasteiger partial charge in [0.05, 0.1) is 18.4 Å². The number of aryl methyl sites for hydroxylation is 1. The second kappa shape index (κ2) is 4.49. The molecule has 2 heterocycles. The van der Waals surface area contributed by atoms with Gasteiger partial charge < -0.3 is 14.3 Å². The topological polar surface area (TPSA) is 47.2 Å². The van der Waals surface area contributed by atoms with Gasteiger partial charge in [-0.1, -0.05) is 0 Å². The first-order valence-corrected chi connectivity index (χ1v) is 5.53. The Morgan fingerprint density at radius 2 is 2.24 bits per heavy atom. The summed E-state index contributed by atoms with van der Waals surface area (Å²) in [7, 11) is 1.95. The molecule has 0 atom stereocenters. The van der Waals surface area contributed by atoms with Crippen LogP contribution in [0.5, 0.6) is 0 Å². The average molecular weight is 232 g/mol. The van der Waals surface area contributed by atoms with Crippen LogP contribution in [0, 0.1) is 13.8 Å². The number of rotatable bonds is 3. The van der Waals surface area contributed by atoms with E-state index in [0.717, 1.165) is 22.7 Å². The summed E-state index contributed by atoms with van der Waals surface area (Å²) in [6, 6.07) is 5.54. The molecule has 0 bridgehead atoms. The summed E-state index contributed by atoms with van der Waals surface area (Å²) in [5.41, 5.74) is 2.77. The molecule has 4 nitrogen and oxygen atoms in total. The zero-order valence-electron chi connectivity index (χ0n) is 10.3. The van der Waals surface area contributed by atoms with Crippen molar-refractivity contribution in [2.24, 2.45) is 7.05 Å². The number of carbonyl (C=O) groups excluding carboxylic acids is 1. The van der Waals surface area contributed by atoms with Gasteiger partial charge in [0.1, 0.15) is 5.76 Å². The van der Waals surface area contributed by atoms with E-state index in [2.05, 4.69) is 5.32 Å². The van der Waals surface area contributed by atoms with Crippen molar-refractivity contribution in [1.82, 2.24) is 9.88 Å². The fraction of sp³-hybridized carbons (Fsp3) is 0.308. The highest BCUT2D eigenvalue weighted by molar-refractivity contribution is 5.95. The first kappa shape index (κ1) is 11.5. The summed E-state index contributed by atoms with van der Waals surface area (Å²) in [6.45, 7) is 4.34. The molecule has 0 radical (unpaired) electrons. The number of amides is 1. The minimum Gasteiger partial charge on any atom is -0.467 e. The summed E-state index contributed by atoms with van der Waals surface area (Å²) in [5.74, 6) is 0.686. The van der Waals surface area contributed by atoms with Gasteiger partial charge in [0.15, 0.2) is 0 Å². The van der Waals surface area contributed by atoms with Crippen molar-refractivity contribution < 1.29 is 9.21 Å². The lowest BCUT2D eigenvalue weighted by Crippen LogP contribution is -2.23. The average Bonchev–Trinajstić information content (AvgIpc) is 2.91. The summed E-state index contributed by atoms with van der Waals surface area (Å²) >= 11 is 0. The number of nitrogens with zero attached hydrogens (tertiary/aromatic N) is 1. The van der Waals surface area contributed by atoms with E-state index in [1.54, 1.807) is 12.3 Å². The molecule has 90 valence electrons. The molecule has 2 aromatic heterocycles. The van der Waals surface area contributed by atoms with E-state index in [1.165, 1.54) is 0 Å². The third-order valence-corrected chi connectivity index (χ3v) is 3.02. The summed E-state index contributed by atoms with van der Waals surface area (Å²) in [4.78, 5) is 12.0. The summed E-state index contributed by atoms with van der Waals surface area (Å²) in [5, 5.41) is 2.84. The quantitative estimate of drug-likeness (QED) is 0.881. The second-order valence-corrected chi connectivity index (χ2v) is 4.11. The van der Waals surface area contributed by atoms with Crippen LogP contribution in [-0.4, -0.2) is 10.5 Å². The number of hydrogen-bond donors (Lipinski definition) is 1. The number of nitrogens with one attached hydrogen (secondary N) is 1. The Balaban J connectivity index is 2.07. The zero-order chi connectivity index (χ0) is 12.4. The van der Waals surface area contributed by atoms with Crippen molar-refractivity contribution in [3.05, 3.63) is 47.2 Å². The van der Waals surface area contributed by atoms with Crippen LogP contribution in [0.2, 0.25) is 0 Å². The molecular formula is C13H16N2O2. The molecule has 17 heavy (non-hydrogen) atoms. The van der Waals surface area contributed by atoms with E-state index in [9.17, 15) is 4.79 Å². The third-order valence-electron chi connectivity index (χ3n) is 3.02. The Hall–Kier alpha value is -1.97. The largest absolute Gasteiger partial charge is 0.467 e. The molecular weight excluding hydrogens is 216 g/mol. The van der Waals surface area contributed by atoms with Crippen molar-refractivity contribution in [2.45, 2.75) is 20.4 Å². The van der Waals surface area contributed by atoms with Crippen LogP contribution in [-0.2, 0) is 13.6 Å². The van der Waals surface area contributed by atoms with Gasteiger partial charge >= 0.3 is 0 Å². The Bertz CT molecular complexity index is 524. The van der Waals surface area contributed by atoms with Gasteiger partial charge in [-0.15, -0.1) is 0 Å². The maximum Gasteiger partial charge on any atom is 0.253 e. The van der Waals surface area contributed by atoms with Gasteiger partial charge in [0.25, 0.3) is 5.91 Å². The number of hydrogen-bond acceptors (Lipinski definition) is 2. The van der Waals surface area contributed by atoms with E-state index >= 15 is 0 Å². The van der Waals surface area contributed by atoms with Gasteiger partial charge in [-0.2, -0.15) is 0 Å². The molecule has 1 N–H and O–H groups in total. The second-order valence-electron chi connectivity index (χ2n) is 4.11. The minimum atomic E-state index is -0.0670. The molecule has 0 aliphatic rings. The van der Waals surface area contributed by atoms with Crippen molar-refractivity contribution in [3.63, 3.8) is 0 Å². The molecule has 0 spiro atoms. The van der Waals surface area contributed by atoms with Crippen molar-refractivity contribution in [2.75, 3.05) is 0 Å². The third kappa shape index (κ3) is 2.25. The maximum atomic E-state index is 12.0. The van der Waals surface area contributed by atoms with Crippen LogP contribution >= 0.6 is 0 Å². The lowest BCUT2D eigenvalue weighted by molar-refractivity contribution is 0.0947. The van der Waals surface area contributed by atoms with E-state index in [1.807, 2.05) is 37.6 Å². The smallest absolute Gasteiger partial charge is 0.253 e. The minimum absolute atomic E-state index is 0.0670. The SMILES string of the molecule is Cc1cc(C(=O)NCc2ccco2)c(C)n1C. The Morgan fingerprint density at radius 1 is 1.47 bits per heavy atom. The molecule has 0 saturated carbocycles. The summed E-state index contributed by atoms with van der Waals surface area (Å²) in [6.07, 6.45) is 1.60. The first-order valence-electron chi connectivity index (χ1n) is 5.53. The zero-order valence-corrected chi connectivity index (χ0v) is 10.3. The Labute approximate surface area is 100 Å². The van der Waals surface area contributed by atoms with Crippen LogP contribution in [0.3, 0.4) is 0 Å². The number of carbonyl (C=O) groups is 1. The standard InChI is InChI=1S/C13H16N2O2/c1-9-7-12(10(2)15(9)3)13(16)14-8-11-5-4-6-17-11/h4-7H,8H2,1-3H3,(H,14,16). The Morgan fingerprint density at radius 3 is 2.76 bits per heavy atom. The maximum absolute atomic E-state index is 12.0. The number of furan rings is 1. The van der Waals surface area contributed by atoms with Gasteiger partial charge in [0.2, 0.25) is 0 Å². The van der Waals surface area contributed by atoms with E-state index in [4.69, 9.17) is 4.42 Å². The van der Waals surface area contributed by atoms with Crippen LogP contribution in [0.25, 0.3) is 0 Å². The van der Waals surface area contributed by atoms with Gasteiger partial charge in [-0.25, -0.2) is 0 Å². The van der Waals surface area contributed by atoms with E-state index < -0.39 is 0 Å². The molecule has 0 saturated heterocycles. The fourth-order valence-corrected chi connectivity index (χ4v) is 1.76. The van der Waals surface area contributed by atoms with Crippen LogP contribution in [0.15, 0.2) is 28.9 Å². The summed E-state index contributed by atoms with van der Waals surface area (Å²) < 4.78 is 7.16. The molecule has 0 aromatic carbocycles. The van der Waals surface area contributed by atoms with E-state index in [0.29, 0.717) is 6.54 Å². The molecule has 2 rings (SSSR count). The molecule has 0 aliphatic carbocycles. The van der Waals surface area contributed by atoms with E-state index in [-0.39, 0.29) is 5.91 Å². The van der Waals surface area contributed by atoms with Crippen LogP contribution in [0.4, 0.5) is 0 Å². The van der Waals surface area contributed by atoms with Gasteiger partial charge in [-0.3, -0.25) is 4.79 Å². The van der Waals surface area contributed by atoms with Crippen molar-refractivity contribution in [3.8, 4) is 0 Å². The molecule has 1 amide bonds. The number of aromatic nitrogens is 1. The fourth-order valence-electron chi connectivity index (χ4n) is 1.76. The van der Waals surface area contributed by atoms with Crippen molar-refractivity contribution in [1.29, 1.82) is 0 Å². The lowest BCUT2D eigenvalue weighted by atomic mass is 10.2. The highest BCUT2D eigenvalue weighted by Crippen LogP contribution is 2.13. The normalized spacial score (nSPS) is 10.5. The molecule has 0 fully saturated rings. The highest BCUT2D eigenvalue weighted by atomic mass is 16.3.